The van der Waals surface area contributed by atoms with E-state index in [9.17, 15) is 18.0 Å². The summed E-state index contributed by atoms with van der Waals surface area (Å²) >= 11 is 5.69. The van der Waals surface area contributed by atoms with Crippen LogP contribution in [-0.2, 0) is 11.0 Å². The predicted molar refractivity (Wildman–Crippen MR) is 62.1 cm³/mol. The molecular weight excluding hydrogens is 269 g/mol. The molecule has 2 nitrogen and oxygen atoms in total. The maximum atomic E-state index is 12.8. The van der Waals surface area contributed by atoms with E-state index >= 15 is 0 Å². The standard InChI is InChI=1S/C12H12ClF3O2/c1-7(3-4-17)9-5-8(13)6-10(11(9)18-2)12(14,15)16/h4-7H,3H2,1-2H3. The fourth-order valence-electron chi connectivity index (χ4n) is 1.69. The van der Waals surface area contributed by atoms with Crippen LogP contribution in [0.1, 0.15) is 30.4 Å². The molecule has 1 aromatic rings. The molecule has 100 valence electrons. The van der Waals surface area contributed by atoms with Gasteiger partial charge in [-0.3, -0.25) is 0 Å². The van der Waals surface area contributed by atoms with Crippen LogP contribution in [-0.4, -0.2) is 13.4 Å². The fraction of sp³-hybridized carbons (Fsp3) is 0.417. The van der Waals surface area contributed by atoms with Crippen molar-refractivity contribution >= 4 is 17.9 Å². The minimum absolute atomic E-state index is 0.0316. The van der Waals surface area contributed by atoms with Crippen LogP contribution >= 0.6 is 11.6 Å². The summed E-state index contributed by atoms with van der Waals surface area (Å²) in [5.74, 6) is -0.668. The number of alkyl halides is 3. The van der Waals surface area contributed by atoms with Gasteiger partial charge in [0.15, 0.2) is 0 Å². The number of hydrogen-bond donors (Lipinski definition) is 0. The largest absolute Gasteiger partial charge is 0.496 e. The first-order chi connectivity index (χ1) is 8.31. The lowest BCUT2D eigenvalue weighted by Crippen LogP contribution is -2.10. The van der Waals surface area contributed by atoms with E-state index in [4.69, 9.17) is 16.3 Å². The molecule has 0 aliphatic carbocycles. The predicted octanol–water partition coefficient (Wildman–Crippen LogP) is 4.06. The first-order valence-corrected chi connectivity index (χ1v) is 5.57. The maximum absolute atomic E-state index is 12.8. The lowest BCUT2D eigenvalue weighted by molar-refractivity contribution is -0.138. The van der Waals surface area contributed by atoms with Crippen molar-refractivity contribution in [3.63, 3.8) is 0 Å². The van der Waals surface area contributed by atoms with Crippen LogP contribution in [0.3, 0.4) is 0 Å². The molecule has 0 saturated heterocycles. The number of methoxy groups -OCH3 is 1. The van der Waals surface area contributed by atoms with Gasteiger partial charge in [0, 0.05) is 11.4 Å². The first kappa shape index (κ1) is 14.8. The molecule has 1 rings (SSSR count). The summed E-state index contributed by atoms with van der Waals surface area (Å²) in [7, 11) is 1.16. The lowest BCUT2D eigenvalue weighted by atomic mass is 9.95. The molecule has 0 N–H and O–H groups in total. The van der Waals surface area contributed by atoms with Crippen molar-refractivity contribution in [1.82, 2.24) is 0 Å². The van der Waals surface area contributed by atoms with Crippen LogP contribution in [0.15, 0.2) is 12.1 Å². The van der Waals surface area contributed by atoms with E-state index < -0.39 is 17.7 Å². The van der Waals surface area contributed by atoms with E-state index in [1.165, 1.54) is 6.07 Å². The van der Waals surface area contributed by atoms with Crippen LogP contribution in [0, 0.1) is 0 Å². The third-order valence-corrected chi connectivity index (χ3v) is 2.79. The number of rotatable bonds is 4. The highest BCUT2D eigenvalue weighted by Crippen LogP contribution is 2.42. The second kappa shape index (κ2) is 5.61. The molecule has 1 unspecified atom stereocenters. The summed E-state index contributed by atoms with van der Waals surface area (Å²) in [5.41, 5.74) is -0.644. The van der Waals surface area contributed by atoms with Gasteiger partial charge in [0.05, 0.1) is 12.7 Å². The molecular formula is C12H12ClF3O2. The number of halogens is 4. The maximum Gasteiger partial charge on any atom is 0.420 e. The van der Waals surface area contributed by atoms with Crippen LogP contribution in [0.25, 0.3) is 0 Å². The molecule has 0 spiro atoms. The molecule has 1 aromatic carbocycles. The van der Waals surface area contributed by atoms with Crippen LogP contribution in [0.2, 0.25) is 5.02 Å². The zero-order valence-corrected chi connectivity index (χ0v) is 10.6. The van der Waals surface area contributed by atoms with Crippen molar-refractivity contribution in [3.05, 3.63) is 28.3 Å². The van der Waals surface area contributed by atoms with E-state index in [-0.39, 0.29) is 22.8 Å². The van der Waals surface area contributed by atoms with Gasteiger partial charge in [-0.25, -0.2) is 0 Å². The van der Waals surface area contributed by atoms with Gasteiger partial charge < -0.3 is 9.53 Å². The number of hydrogen-bond acceptors (Lipinski definition) is 2. The van der Waals surface area contributed by atoms with Crippen LogP contribution in [0.5, 0.6) is 5.75 Å². The quantitative estimate of drug-likeness (QED) is 0.778. The number of aldehydes is 1. The van der Waals surface area contributed by atoms with Gasteiger partial charge in [-0.05, 0) is 23.6 Å². The van der Waals surface area contributed by atoms with Crippen LogP contribution in [0.4, 0.5) is 13.2 Å². The first-order valence-electron chi connectivity index (χ1n) is 5.19. The molecule has 0 bridgehead atoms. The molecule has 0 saturated carbocycles. The topological polar surface area (TPSA) is 26.3 Å². The number of carbonyl (C=O) groups is 1. The van der Waals surface area contributed by atoms with Gasteiger partial charge in [0.25, 0.3) is 0 Å². The van der Waals surface area contributed by atoms with Crippen molar-refractivity contribution in [2.75, 3.05) is 7.11 Å². The SMILES string of the molecule is COc1c(C(C)CC=O)cc(Cl)cc1C(F)(F)F. The molecule has 1 atom stereocenters. The Labute approximate surface area is 108 Å². The molecule has 0 aromatic heterocycles. The molecule has 0 fully saturated rings. The Morgan fingerprint density at radius 1 is 1.44 bits per heavy atom. The molecule has 0 aliphatic rings. The third-order valence-electron chi connectivity index (χ3n) is 2.57. The summed E-state index contributed by atoms with van der Waals surface area (Å²) in [6.07, 6.45) is -3.79. The Hall–Kier alpha value is -1.23. The monoisotopic (exact) mass is 280 g/mol. The second-order valence-corrected chi connectivity index (χ2v) is 4.31. The lowest BCUT2D eigenvalue weighted by Gasteiger charge is -2.19. The number of benzene rings is 1. The summed E-state index contributed by atoms with van der Waals surface area (Å²) in [6.45, 7) is 1.64. The zero-order valence-electron chi connectivity index (χ0n) is 9.84. The normalized spacial score (nSPS) is 13.2. The molecule has 18 heavy (non-hydrogen) atoms. The van der Waals surface area contributed by atoms with E-state index in [2.05, 4.69) is 0 Å². The molecule has 0 radical (unpaired) electrons. The highest BCUT2D eigenvalue weighted by molar-refractivity contribution is 6.30. The highest BCUT2D eigenvalue weighted by atomic mass is 35.5. The van der Waals surface area contributed by atoms with Crippen molar-refractivity contribution in [3.8, 4) is 5.75 Å². The molecule has 0 amide bonds. The van der Waals surface area contributed by atoms with E-state index in [1.54, 1.807) is 6.92 Å². The van der Waals surface area contributed by atoms with Gasteiger partial charge in [-0.2, -0.15) is 13.2 Å². The fourth-order valence-corrected chi connectivity index (χ4v) is 1.92. The van der Waals surface area contributed by atoms with Crippen LogP contribution < -0.4 is 4.74 Å². The summed E-state index contributed by atoms with van der Waals surface area (Å²) in [4.78, 5) is 10.5. The average Bonchev–Trinajstić information content (AvgIpc) is 2.27. The van der Waals surface area contributed by atoms with Gasteiger partial charge in [-0.1, -0.05) is 18.5 Å². The van der Waals surface area contributed by atoms with Gasteiger partial charge in [0.1, 0.15) is 12.0 Å². The second-order valence-electron chi connectivity index (χ2n) is 3.88. The smallest absolute Gasteiger partial charge is 0.420 e. The van der Waals surface area contributed by atoms with Gasteiger partial charge in [0.2, 0.25) is 0 Å². The van der Waals surface area contributed by atoms with Gasteiger partial charge in [-0.15, -0.1) is 0 Å². The van der Waals surface area contributed by atoms with Gasteiger partial charge >= 0.3 is 6.18 Å². The molecule has 0 heterocycles. The molecule has 6 heteroatoms. The summed E-state index contributed by atoms with van der Waals surface area (Å²) in [5, 5.41) is -0.0316. The number of carbonyl (C=O) groups excluding carboxylic acids is 1. The minimum atomic E-state index is -4.55. The third kappa shape index (κ3) is 3.16. The summed E-state index contributed by atoms with van der Waals surface area (Å²) in [6, 6.07) is 2.21. The van der Waals surface area contributed by atoms with Crippen molar-refractivity contribution in [1.29, 1.82) is 0 Å². The summed E-state index contributed by atoms with van der Waals surface area (Å²) < 4.78 is 43.3. The Morgan fingerprint density at radius 3 is 2.50 bits per heavy atom. The molecule has 0 aliphatic heterocycles. The average molecular weight is 281 g/mol. The van der Waals surface area contributed by atoms with E-state index in [1.807, 2.05) is 0 Å². The van der Waals surface area contributed by atoms with E-state index in [0.717, 1.165) is 13.2 Å². The Kier molecular flexibility index (Phi) is 4.62. The van der Waals surface area contributed by atoms with Crippen molar-refractivity contribution in [2.45, 2.75) is 25.4 Å². The Bertz CT molecular complexity index is 444. The Morgan fingerprint density at radius 2 is 2.06 bits per heavy atom. The Balaban J connectivity index is 3.42. The van der Waals surface area contributed by atoms with Crippen molar-refractivity contribution < 1.29 is 22.7 Å². The number of ether oxygens (including phenoxy) is 1. The van der Waals surface area contributed by atoms with Crippen molar-refractivity contribution in [2.24, 2.45) is 0 Å². The highest BCUT2D eigenvalue weighted by Gasteiger charge is 2.36. The zero-order chi connectivity index (χ0) is 13.9. The minimum Gasteiger partial charge on any atom is -0.496 e. The van der Waals surface area contributed by atoms with E-state index in [0.29, 0.717) is 6.29 Å².